The van der Waals surface area contributed by atoms with Gasteiger partial charge >= 0.3 is 5.97 Å². The van der Waals surface area contributed by atoms with Crippen LogP contribution in [0.15, 0.2) is 0 Å². The first kappa shape index (κ1) is 16.0. The standard InChI is InChI=1S/C14H25NO4/c1-5-9-6-10(11(7-9)13(17)18)12(16)15-14(2,3)8-19-4/h9-11H,5-8H2,1-4H3,(H,15,16)(H,17,18). The monoisotopic (exact) mass is 271 g/mol. The van der Waals surface area contributed by atoms with E-state index in [0.717, 1.165) is 6.42 Å². The zero-order chi connectivity index (χ0) is 14.6. The lowest BCUT2D eigenvalue weighted by atomic mass is 9.94. The molecule has 19 heavy (non-hydrogen) atoms. The number of carbonyl (C=O) groups is 2. The van der Waals surface area contributed by atoms with E-state index in [1.807, 2.05) is 20.8 Å². The van der Waals surface area contributed by atoms with Gasteiger partial charge in [-0.05, 0) is 32.6 Å². The van der Waals surface area contributed by atoms with Crippen molar-refractivity contribution in [2.75, 3.05) is 13.7 Å². The highest BCUT2D eigenvalue weighted by Gasteiger charge is 2.43. The highest BCUT2D eigenvalue weighted by atomic mass is 16.5. The summed E-state index contributed by atoms with van der Waals surface area (Å²) in [5, 5.41) is 12.1. The van der Waals surface area contributed by atoms with E-state index >= 15 is 0 Å². The average molecular weight is 271 g/mol. The van der Waals surface area contributed by atoms with Gasteiger partial charge in [0.25, 0.3) is 0 Å². The topological polar surface area (TPSA) is 75.6 Å². The summed E-state index contributed by atoms with van der Waals surface area (Å²) in [4.78, 5) is 23.5. The minimum absolute atomic E-state index is 0.162. The SMILES string of the molecule is CCC1CC(C(=O)O)C(C(=O)NC(C)(C)COC)C1. The lowest BCUT2D eigenvalue weighted by molar-refractivity contribution is -0.146. The summed E-state index contributed by atoms with van der Waals surface area (Å²) in [5.74, 6) is -1.66. The van der Waals surface area contributed by atoms with E-state index < -0.39 is 23.3 Å². The van der Waals surface area contributed by atoms with Crippen LogP contribution in [-0.4, -0.2) is 36.2 Å². The van der Waals surface area contributed by atoms with Crippen LogP contribution in [0.5, 0.6) is 0 Å². The summed E-state index contributed by atoms with van der Waals surface area (Å²) in [6, 6.07) is 0. The summed E-state index contributed by atoms with van der Waals surface area (Å²) in [5.41, 5.74) is -0.473. The molecule has 1 saturated carbocycles. The molecule has 0 aromatic rings. The predicted molar refractivity (Wildman–Crippen MR) is 71.7 cm³/mol. The third-order valence-electron chi connectivity index (χ3n) is 3.86. The van der Waals surface area contributed by atoms with Crippen LogP contribution in [-0.2, 0) is 14.3 Å². The van der Waals surface area contributed by atoms with Gasteiger partial charge in [-0.25, -0.2) is 0 Å². The largest absolute Gasteiger partial charge is 0.481 e. The lowest BCUT2D eigenvalue weighted by Crippen LogP contribution is -2.50. The molecule has 2 N–H and O–H groups in total. The molecule has 5 heteroatoms. The summed E-state index contributed by atoms with van der Waals surface area (Å²) in [6.45, 7) is 6.19. The molecule has 0 aliphatic heterocycles. The summed E-state index contributed by atoms with van der Waals surface area (Å²) in [7, 11) is 1.58. The fraction of sp³-hybridized carbons (Fsp3) is 0.857. The van der Waals surface area contributed by atoms with Gasteiger partial charge in [-0.15, -0.1) is 0 Å². The molecule has 0 spiro atoms. The number of ether oxygens (including phenoxy) is 1. The maximum Gasteiger partial charge on any atom is 0.307 e. The van der Waals surface area contributed by atoms with Gasteiger partial charge in [0.2, 0.25) is 5.91 Å². The second-order valence-corrected chi connectivity index (χ2v) is 6.10. The third kappa shape index (κ3) is 4.20. The van der Waals surface area contributed by atoms with Crippen LogP contribution >= 0.6 is 0 Å². The molecule has 0 bridgehead atoms. The number of rotatable bonds is 6. The van der Waals surface area contributed by atoms with Crippen molar-refractivity contribution in [3.8, 4) is 0 Å². The van der Waals surface area contributed by atoms with Gasteiger partial charge in [0, 0.05) is 7.11 Å². The van der Waals surface area contributed by atoms with Gasteiger partial charge in [0.1, 0.15) is 0 Å². The molecule has 3 unspecified atom stereocenters. The van der Waals surface area contributed by atoms with Crippen molar-refractivity contribution in [2.24, 2.45) is 17.8 Å². The van der Waals surface area contributed by atoms with Gasteiger partial charge in [-0.3, -0.25) is 9.59 Å². The molecule has 0 saturated heterocycles. The first-order chi connectivity index (χ1) is 8.80. The Bertz CT molecular complexity index is 340. The van der Waals surface area contributed by atoms with Crippen LogP contribution in [0.4, 0.5) is 0 Å². The van der Waals surface area contributed by atoms with Crippen molar-refractivity contribution in [3.05, 3.63) is 0 Å². The van der Waals surface area contributed by atoms with Crippen molar-refractivity contribution < 1.29 is 19.4 Å². The zero-order valence-electron chi connectivity index (χ0n) is 12.2. The number of nitrogens with one attached hydrogen (secondary N) is 1. The minimum atomic E-state index is -0.861. The molecular weight excluding hydrogens is 246 g/mol. The maximum atomic E-state index is 12.3. The van der Waals surface area contributed by atoms with E-state index in [4.69, 9.17) is 4.74 Å². The van der Waals surface area contributed by atoms with Crippen molar-refractivity contribution in [1.82, 2.24) is 5.32 Å². The molecule has 1 aliphatic rings. The molecular formula is C14H25NO4. The fourth-order valence-electron chi connectivity index (χ4n) is 2.86. The smallest absolute Gasteiger partial charge is 0.307 e. The first-order valence-corrected chi connectivity index (χ1v) is 6.84. The molecule has 0 radical (unpaired) electrons. The van der Waals surface area contributed by atoms with Crippen LogP contribution in [0.3, 0.4) is 0 Å². The molecule has 1 aliphatic carbocycles. The van der Waals surface area contributed by atoms with E-state index in [9.17, 15) is 14.7 Å². The Morgan fingerprint density at radius 3 is 2.37 bits per heavy atom. The summed E-state index contributed by atoms with van der Waals surface area (Å²) < 4.78 is 5.06. The van der Waals surface area contributed by atoms with Crippen molar-refractivity contribution >= 4 is 11.9 Å². The van der Waals surface area contributed by atoms with E-state index in [1.54, 1.807) is 7.11 Å². The Hall–Kier alpha value is -1.10. The molecule has 1 amide bonds. The lowest BCUT2D eigenvalue weighted by Gasteiger charge is -2.28. The fourth-order valence-corrected chi connectivity index (χ4v) is 2.86. The second kappa shape index (κ2) is 6.37. The Balaban J connectivity index is 2.71. The van der Waals surface area contributed by atoms with Crippen LogP contribution in [0.2, 0.25) is 0 Å². The highest BCUT2D eigenvalue weighted by molar-refractivity contribution is 5.85. The number of hydrogen-bond acceptors (Lipinski definition) is 3. The highest BCUT2D eigenvalue weighted by Crippen LogP contribution is 2.38. The Morgan fingerprint density at radius 2 is 1.89 bits per heavy atom. The van der Waals surface area contributed by atoms with Gasteiger partial charge < -0.3 is 15.2 Å². The summed E-state index contributed by atoms with van der Waals surface area (Å²) >= 11 is 0. The van der Waals surface area contributed by atoms with Crippen LogP contribution in [0.1, 0.15) is 40.0 Å². The normalized spacial score (nSPS) is 27.3. The number of carbonyl (C=O) groups excluding carboxylic acids is 1. The van der Waals surface area contributed by atoms with Crippen molar-refractivity contribution in [3.63, 3.8) is 0 Å². The molecule has 0 aromatic heterocycles. The molecule has 0 aromatic carbocycles. The number of aliphatic carboxylic acids is 1. The second-order valence-electron chi connectivity index (χ2n) is 6.10. The van der Waals surface area contributed by atoms with Gasteiger partial charge in [0.05, 0.1) is 24.0 Å². The third-order valence-corrected chi connectivity index (χ3v) is 3.86. The number of methoxy groups -OCH3 is 1. The molecule has 5 nitrogen and oxygen atoms in total. The average Bonchev–Trinajstić information content (AvgIpc) is 2.72. The minimum Gasteiger partial charge on any atom is -0.481 e. The molecule has 110 valence electrons. The van der Waals surface area contributed by atoms with Crippen molar-refractivity contribution in [1.29, 1.82) is 0 Å². The van der Waals surface area contributed by atoms with Crippen LogP contribution in [0, 0.1) is 17.8 Å². The van der Waals surface area contributed by atoms with Gasteiger partial charge in [0.15, 0.2) is 0 Å². The maximum absolute atomic E-state index is 12.3. The van der Waals surface area contributed by atoms with E-state index in [1.165, 1.54) is 0 Å². The number of amides is 1. The Labute approximate surface area is 114 Å². The molecule has 1 rings (SSSR count). The number of hydrogen-bond donors (Lipinski definition) is 2. The van der Waals surface area contributed by atoms with Crippen LogP contribution in [0.25, 0.3) is 0 Å². The molecule has 1 fully saturated rings. The Morgan fingerprint density at radius 1 is 1.32 bits per heavy atom. The molecule has 3 atom stereocenters. The Kier molecular flexibility index (Phi) is 5.35. The van der Waals surface area contributed by atoms with E-state index in [-0.39, 0.29) is 5.91 Å². The van der Waals surface area contributed by atoms with E-state index in [2.05, 4.69) is 5.32 Å². The number of carboxylic acid groups (broad SMARTS) is 1. The van der Waals surface area contributed by atoms with Gasteiger partial charge in [-0.1, -0.05) is 13.3 Å². The first-order valence-electron chi connectivity index (χ1n) is 6.84. The summed E-state index contributed by atoms with van der Waals surface area (Å²) in [6.07, 6.45) is 2.20. The predicted octanol–water partition coefficient (Wildman–Crippen LogP) is 1.66. The number of carboxylic acids is 1. The van der Waals surface area contributed by atoms with Crippen LogP contribution < -0.4 is 5.32 Å². The van der Waals surface area contributed by atoms with Crippen molar-refractivity contribution in [2.45, 2.75) is 45.6 Å². The quantitative estimate of drug-likeness (QED) is 0.770. The van der Waals surface area contributed by atoms with Gasteiger partial charge in [-0.2, -0.15) is 0 Å². The zero-order valence-corrected chi connectivity index (χ0v) is 12.2. The van der Waals surface area contributed by atoms with E-state index in [0.29, 0.717) is 25.4 Å². The molecule has 0 heterocycles.